The van der Waals surface area contributed by atoms with Gasteiger partial charge in [-0.1, -0.05) is 17.7 Å². The molecule has 0 amide bonds. The van der Waals surface area contributed by atoms with Gasteiger partial charge in [-0.15, -0.1) is 0 Å². The highest BCUT2D eigenvalue weighted by molar-refractivity contribution is 6.29. The highest BCUT2D eigenvalue weighted by Crippen LogP contribution is 2.28. The third-order valence-electron chi connectivity index (χ3n) is 3.06. The van der Waals surface area contributed by atoms with Crippen molar-refractivity contribution in [2.45, 2.75) is 20.4 Å². The summed E-state index contributed by atoms with van der Waals surface area (Å²) >= 11 is 5.85. The maximum Gasteiger partial charge on any atom is 0.161 e. The molecule has 0 radical (unpaired) electrons. The van der Waals surface area contributed by atoms with Gasteiger partial charge in [0.05, 0.1) is 25.1 Å². The minimum Gasteiger partial charge on any atom is -0.493 e. The number of pyridine rings is 1. The predicted octanol–water partition coefficient (Wildman–Crippen LogP) is 4.06. The smallest absolute Gasteiger partial charge is 0.161 e. The van der Waals surface area contributed by atoms with Crippen LogP contribution in [0.2, 0.25) is 5.15 Å². The second-order valence-electron chi connectivity index (χ2n) is 4.54. The molecule has 1 aromatic heterocycles. The van der Waals surface area contributed by atoms with E-state index in [1.54, 1.807) is 13.2 Å². The van der Waals surface area contributed by atoms with E-state index < -0.39 is 0 Å². The molecular weight excluding hydrogens is 288 g/mol. The van der Waals surface area contributed by atoms with Gasteiger partial charge >= 0.3 is 0 Å². The normalized spacial score (nSPS) is 10.3. The monoisotopic (exact) mass is 306 g/mol. The van der Waals surface area contributed by atoms with E-state index in [2.05, 4.69) is 10.3 Å². The average Bonchev–Trinajstić information content (AvgIpc) is 2.47. The van der Waals surface area contributed by atoms with E-state index >= 15 is 0 Å². The lowest BCUT2D eigenvalue weighted by molar-refractivity contribution is 0.310. The Bertz CT molecular complexity index is 617. The van der Waals surface area contributed by atoms with E-state index in [9.17, 15) is 0 Å². The number of methoxy groups -OCH3 is 1. The number of benzene rings is 1. The minimum absolute atomic E-state index is 0.501. The number of nitrogens with zero attached hydrogens (tertiary/aromatic N) is 1. The number of hydrogen-bond acceptors (Lipinski definition) is 4. The van der Waals surface area contributed by atoms with Gasteiger partial charge in [0.15, 0.2) is 11.5 Å². The molecule has 0 spiro atoms. The van der Waals surface area contributed by atoms with E-state index in [0.717, 1.165) is 28.4 Å². The molecule has 2 rings (SSSR count). The van der Waals surface area contributed by atoms with Crippen LogP contribution in [0.1, 0.15) is 18.2 Å². The molecule has 0 fully saturated rings. The Hall–Kier alpha value is -1.94. The fourth-order valence-electron chi connectivity index (χ4n) is 2.01. The number of anilines is 1. The lowest BCUT2D eigenvalue weighted by atomic mass is 10.2. The van der Waals surface area contributed by atoms with Crippen molar-refractivity contribution in [3.63, 3.8) is 0 Å². The van der Waals surface area contributed by atoms with Crippen LogP contribution < -0.4 is 14.8 Å². The van der Waals surface area contributed by atoms with E-state index in [-0.39, 0.29) is 0 Å². The van der Waals surface area contributed by atoms with Crippen molar-refractivity contribution in [2.24, 2.45) is 0 Å². The molecule has 0 aliphatic rings. The molecule has 0 aliphatic carbocycles. The summed E-state index contributed by atoms with van der Waals surface area (Å²) in [6.07, 6.45) is 0. The van der Waals surface area contributed by atoms with Crippen LogP contribution in [0.15, 0.2) is 30.3 Å². The van der Waals surface area contributed by atoms with Crippen molar-refractivity contribution in [1.82, 2.24) is 4.98 Å². The topological polar surface area (TPSA) is 43.4 Å². The van der Waals surface area contributed by atoms with Crippen LogP contribution in [-0.2, 0) is 6.54 Å². The Morgan fingerprint density at radius 2 is 2.00 bits per heavy atom. The summed E-state index contributed by atoms with van der Waals surface area (Å²) in [6.45, 7) is 5.16. The zero-order valence-corrected chi connectivity index (χ0v) is 13.2. The molecule has 2 aromatic rings. The molecule has 112 valence electrons. The number of aryl methyl sites for hydroxylation is 1. The summed E-state index contributed by atoms with van der Waals surface area (Å²) < 4.78 is 10.9. The quantitative estimate of drug-likeness (QED) is 0.817. The van der Waals surface area contributed by atoms with Crippen molar-refractivity contribution >= 4 is 17.3 Å². The van der Waals surface area contributed by atoms with Gasteiger partial charge in [0.2, 0.25) is 0 Å². The minimum atomic E-state index is 0.501. The zero-order chi connectivity index (χ0) is 15.2. The fraction of sp³-hybridized carbons (Fsp3) is 0.312. The Balaban J connectivity index is 2.10. The highest BCUT2D eigenvalue weighted by atomic mass is 35.5. The summed E-state index contributed by atoms with van der Waals surface area (Å²) in [4.78, 5) is 4.22. The first-order valence-electron chi connectivity index (χ1n) is 6.80. The van der Waals surface area contributed by atoms with Crippen molar-refractivity contribution in [1.29, 1.82) is 0 Å². The summed E-state index contributed by atoms with van der Waals surface area (Å²) in [7, 11) is 1.64. The highest BCUT2D eigenvalue weighted by Gasteiger charge is 2.06. The molecule has 21 heavy (non-hydrogen) atoms. The summed E-state index contributed by atoms with van der Waals surface area (Å²) in [5.74, 6) is 1.50. The SMILES string of the molecule is CCOc1cc(CNc2ccc(Cl)nc2C)ccc1OC. The van der Waals surface area contributed by atoms with Crippen LogP contribution in [-0.4, -0.2) is 18.7 Å². The van der Waals surface area contributed by atoms with E-state index in [1.165, 1.54) is 0 Å². The van der Waals surface area contributed by atoms with Gasteiger partial charge < -0.3 is 14.8 Å². The molecule has 0 atom stereocenters. The third kappa shape index (κ3) is 4.02. The first-order chi connectivity index (χ1) is 10.1. The maximum atomic E-state index is 5.85. The molecule has 0 aliphatic heterocycles. The molecule has 1 N–H and O–H groups in total. The van der Waals surface area contributed by atoms with Crippen molar-refractivity contribution in [3.8, 4) is 11.5 Å². The van der Waals surface area contributed by atoms with Gasteiger partial charge in [0.1, 0.15) is 5.15 Å². The van der Waals surface area contributed by atoms with Gasteiger partial charge in [0, 0.05) is 6.54 Å². The van der Waals surface area contributed by atoms with Crippen molar-refractivity contribution in [2.75, 3.05) is 19.0 Å². The second-order valence-corrected chi connectivity index (χ2v) is 4.93. The first kappa shape index (κ1) is 15.4. The zero-order valence-electron chi connectivity index (χ0n) is 12.4. The number of aromatic nitrogens is 1. The van der Waals surface area contributed by atoms with Crippen LogP contribution in [0.3, 0.4) is 0 Å². The summed E-state index contributed by atoms with van der Waals surface area (Å²) in [5.41, 5.74) is 2.95. The molecule has 0 bridgehead atoms. The predicted molar refractivity (Wildman–Crippen MR) is 85.5 cm³/mol. The van der Waals surface area contributed by atoms with Crippen LogP contribution in [0.4, 0.5) is 5.69 Å². The number of halogens is 1. The molecular formula is C16H19ClN2O2. The molecule has 1 heterocycles. The number of ether oxygens (including phenoxy) is 2. The Kier molecular flexibility index (Phi) is 5.28. The van der Waals surface area contributed by atoms with E-state index in [1.807, 2.05) is 38.1 Å². The number of hydrogen-bond donors (Lipinski definition) is 1. The van der Waals surface area contributed by atoms with E-state index in [0.29, 0.717) is 18.3 Å². The van der Waals surface area contributed by atoms with Crippen LogP contribution in [0, 0.1) is 6.92 Å². The van der Waals surface area contributed by atoms with Gasteiger partial charge in [0.25, 0.3) is 0 Å². The third-order valence-corrected chi connectivity index (χ3v) is 3.27. The van der Waals surface area contributed by atoms with Gasteiger partial charge in [-0.2, -0.15) is 0 Å². The molecule has 1 aromatic carbocycles. The van der Waals surface area contributed by atoms with Crippen molar-refractivity contribution in [3.05, 3.63) is 46.7 Å². The average molecular weight is 307 g/mol. The lowest BCUT2D eigenvalue weighted by Gasteiger charge is -2.13. The molecule has 0 saturated carbocycles. The van der Waals surface area contributed by atoms with Gasteiger partial charge in [-0.3, -0.25) is 0 Å². The van der Waals surface area contributed by atoms with Gasteiger partial charge in [-0.25, -0.2) is 4.98 Å². The summed E-state index contributed by atoms with van der Waals surface area (Å²) in [5, 5.41) is 3.85. The molecule has 0 saturated heterocycles. The van der Waals surface area contributed by atoms with Crippen LogP contribution in [0.5, 0.6) is 11.5 Å². The first-order valence-corrected chi connectivity index (χ1v) is 7.18. The van der Waals surface area contributed by atoms with E-state index in [4.69, 9.17) is 21.1 Å². The summed E-state index contributed by atoms with van der Waals surface area (Å²) in [6, 6.07) is 9.60. The molecule has 5 heteroatoms. The Morgan fingerprint density at radius 3 is 2.67 bits per heavy atom. The Morgan fingerprint density at radius 1 is 1.19 bits per heavy atom. The standard InChI is InChI=1S/C16H19ClN2O2/c1-4-21-15-9-12(5-7-14(15)20-3)10-18-13-6-8-16(17)19-11(13)2/h5-9,18H,4,10H2,1-3H3. The van der Waals surface area contributed by atoms with Crippen molar-refractivity contribution < 1.29 is 9.47 Å². The fourth-order valence-corrected chi connectivity index (χ4v) is 2.20. The largest absolute Gasteiger partial charge is 0.493 e. The molecule has 0 unspecified atom stereocenters. The van der Waals surface area contributed by atoms with Crippen LogP contribution >= 0.6 is 11.6 Å². The Labute approximate surface area is 130 Å². The second kappa shape index (κ2) is 7.18. The lowest BCUT2D eigenvalue weighted by Crippen LogP contribution is -2.03. The molecule has 4 nitrogen and oxygen atoms in total. The maximum absolute atomic E-state index is 5.85. The number of rotatable bonds is 6. The van der Waals surface area contributed by atoms with Gasteiger partial charge in [-0.05, 0) is 43.7 Å². The van der Waals surface area contributed by atoms with Crippen LogP contribution in [0.25, 0.3) is 0 Å². The number of nitrogens with one attached hydrogen (secondary N) is 1.